The van der Waals surface area contributed by atoms with E-state index in [2.05, 4.69) is 20.1 Å². The smallest absolute Gasteiger partial charge is 0.573 e. The van der Waals surface area contributed by atoms with E-state index in [1.54, 1.807) is 6.21 Å². The molecule has 10 nitrogen and oxygen atoms in total. The van der Waals surface area contributed by atoms with Gasteiger partial charge in [0, 0.05) is 24.0 Å². The number of ether oxygens (including phenoxy) is 2. The Hall–Kier alpha value is -3.38. The SMILES string of the molecule is O=C(CCNc1n[n+]([O-])c2cc(OC(F)(F)F)ccc2[n+]1[O-])O[C@H]1C=NCC1. The standard InChI is InChI=1S/C15H14F3N5O5/c16-15(17,18)28-9-1-2-11-12(7-9)23(26)21-14(22(11)25)20-6-4-13(24)27-10-3-5-19-8-10/h1-2,7-8,10H,3-6H2,(H,20,21)/t10-/m1/s1. The zero-order chi connectivity index (χ0) is 20.3. The number of fused-ring (bicyclic) bond motifs is 1. The minimum absolute atomic E-state index is 0.0113. The van der Waals surface area contributed by atoms with Crippen LogP contribution in [0.15, 0.2) is 23.2 Å². The molecule has 2 aromatic rings. The number of hydrogen-bond acceptors (Lipinski definition) is 8. The molecule has 1 aromatic heterocycles. The number of hydrogen-bond donors (Lipinski definition) is 1. The van der Waals surface area contributed by atoms with Crippen molar-refractivity contribution in [1.82, 2.24) is 5.10 Å². The summed E-state index contributed by atoms with van der Waals surface area (Å²) >= 11 is 0. The van der Waals surface area contributed by atoms with Crippen LogP contribution in [0.2, 0.25) is 0 Å². The summed E-state index contributed by atoms with van der Waals surface area (Å²) < 4.78 is 45.9. The van der Waals surface area contributed by atoms with Crippen LogP contribution in [0.1, 0.15) is 12.8 Å². The molecule has 0 bridgehead atoms. The van der Waals surface area contributed by atoms with E-state index in [-0.39, 0.29) is 34.2 Å². The summed E-state index contributed by atoms with van der Waals surface area (Å²) in [5.74, 6) is -1.60. The maximum atomic E-state index is 12.3. The highest BCUT2D eigenvalue weighted by Gasteiger charge is 2.32. The number of anilines is 1. The number of nitrogens with one attached hydrogen (secondary N) is 1. The Morgan fingerprint density at radius 1 is 1.32 bits per heavy atom. The fraction of sp³-hybridized carbons (Fsp3) is 0.400. The lowest BCUT2D eigenvalue weighted by atomic mass is 10.3. The molecule has 1 atom stereocenters. The molecule has 0 saturated carbocycles. The molecule has 2 heterocycles. The van der Waals surface area contributed by atoms with Gasteiger partial charge >= 0.3 is 23.8 Å². The maximum absolute atomic E-state index is 12.3. The Morgan fingerprint density at radius 2 is 2.11 bits per heavy atom. The first-order chi connectivity index (χ1) is 13.2. The number of nitrogens with zero attached hydrogens (tertiary/aromatic N) is 4. The van der Waals surface area contributed by atoms with Crippen LogP contribution in [0.4, 0.5) is 19.1 Å². The van der Waals surface area contributed by atoms with E-state index >= 15 is 0 Å². The van der Waals surface area contributed by atoms with Crippen LogP contribution in [0.5, 0.6) is 5.75 Å². The Labute approximate surface area is 155 Å². The number of benzene rings is 1. The second-order valence-corrected chi connectivity index (χ2v) is 5.74. The molecule has 150 valence electrons. The first-order valence-electron chi connectivity index (χ1n) is 8.09. The van der Waals surface area contributed by atoms with Gasteiger partial charge < -0.3 is 19.9 Å². The van der Waals surface area contributed by atoms with Crippen LogP contribution in [-0.2, 0) is 9.53 Å². The van der Waals surface area contributed by atoms with Crippen LogP contribution in [0.25, 0.3) is 11.0 Å². The molecule has 0 spiro atoms. The zero-order valence-corrected chi connectivity index (χ0v) is 14.2. The predicted molar refractivity (Wildman–Crippen MR) is 87.3 cm³/mol. The highest BCUT2D eigenvalue weighted by Crippen LogP contribution is 2.24. The molecule has 0 fully saturated rings. The van der Waals surface area contributed by atoms with Gasteiger partial charge in [-0.05, 0) is 12.1 Å². The average Bonchev–Trinajstić information content (AvgIpc) is 3.10. The van der Waals surface area contributed by atoms with Gasteiger partial charge in [-0.1, -0.05) is 0 Å². The quantitative estimate of drug-likeness (QED) is 0.426. The van der Waals surface area contributed by atoms with Crippen molar-refractivity contribution in [1.29, 1.82) is 0 Å². The van der Waals surface area contributed by atoms with Crippen molar-refractivity contribution in [2.75, 3.05) is 18.4 Å². The van der Waals surface area contributed by atoms with Crippen molar-refractivity contribution in [2.24, 2.45) is 4.99 Å². The lowest BCUT2D eigenvalue weighted by Gasteiger charge is -2.12. The van der Waals surface area contributed by atoms with E-state index in [4.69, 9.17) is 4.74 Å². The molecule has 0 radical (unpaired) electrons. The van der Waals surface area contributed by atoms with Crippen molar-refractivity contribution in [3.05, 3.63) is 28.6 Å². The van der Waals surface area contributed by atoms with Gasteiger partial charge in [-0.15, -0.1) is 13.2 Å². The normalized spacial score (nSPS) is 16.3. The number of halogens is 3. The third-order valence-electron chi connectivity index (χ3n) is 3.69. The molecule has 13 heteroatoms. The van der Waals surface area contributed by atoms with Crippen LogP contribution in [0.3, 0.4) is 0 Å². The van der Waals surface area contributed by atoms with Crippen LogP contribution in [0, 0.1) is 10.4 Å². The Balaban J connectivity index is 1.68. The minimum Gasteiger partial charge on any atom is -0.739 e. The summed E-state index contributed by atoms with van der Waals surface area (Å²) in [4.78, 5) is 15.6. The highest BCUT2D eigenvalue weighted by atomic mass is 19.4. The second kappa shape index (κ2) is 7.70. The van der Waals surface area contributed by atoms with Crippen LogP contribution < -0.4 is 19.6 Å². The number of aromatic nitrogens is 3. The van der Waals surface area contributed by atoms with Gasteiger partial charge in [0.1, 0.15) is 11.9 Å². The van der Waals surface area contributed by atoms with E-state index < -0.39 is 29.5 Å². The number of rotatable bonds is 6. The minimum atomic E-state index is -4.94. The lowest BCUT2D eigenvalue weighted by Crippen LogP contribution is -2.44. The monoisotopic (exact) mass is 401 g/mol. The molecular formula is C15H14F3N5O5. The van der Waals surface area contributed by atoms with E-state index in [0.29, 0.717) is 13.0 Å². The van der Waals surface area contributed by atoms with Crippen molar-refractivity contribution in [3.8, 4) is 5.75 Å². The van der Waals surface area contributed by atoms with Crippen molar-refractivity contribution in [2.45, 2.75) is 25.3 Å². The molecule has 1 aliphatic rings. The highest BCUT2D eigenvalue weighted by molar-refractivity contribution is 5.75. The van der Waals surface area contributed by atoms with E-state index in [1.165, 1.54) is 0 Å². The topological polar surface area (TPSA) is 127 Å². The molecule has 1 N–H and O–H groups in total. The van der Waals surface area contributed by atoms with Crippen molar-refractivity contribution >= 4 is 29.2 Å². The number of aliphatic imine (C=N–C) groups is 1. The number of esters is 1. The Bertz CT molecular complexity index is 921. The van der Waals surface area contributed by atoms with Gasteiger partial charge in [0.2, 0.25) is 5.10 Å². The molecule has 1 aliphatic heterocycles. The fourth-order valence-electron chi connectivity index (χ4n) is 2.49. The van der Waals surface area contributed by atoms with Gasteiger partial charge in [-0.3, -0.25) is 15.1 Å². The second-order valence-electron chi connectivity index (χ2n) is 5.74. The summed E-state index contributed by atoms with van der Waals surface area (Å²) in [6.07, 6.45) is -3.25. The zero-order valence-electron chi connectivity index (χ0n) is 14.2. The lowest BCUT2D eigenvalue weighted by molar-refractivity contribution is -0.672. The molecule has 0 amide bonds. The first kappa shape index (κ1) is 19.4. The van der Waals surface area contributed by atoms with Crippen molar-refractivity contribution < 1.29 is 37.0 Å². The number of carbonyl (C=O) groups excluding carboxylic acids is 1. The fourth-order valence-corrected chi connectivity index (χ4v) is 2.49. The van der Waals surface area contributed by atoms with E-state index in [0.717, 1.165) is 18.2 Å². The molecular weight excluding hydrogens is 387 g/mol. The summed E-state index contributed by atoms with van der Waals surface area (Å²) in [6.45, 7) is 0.547. The van der Waals surface area contributed by atoms with E-state index in [1.807, 2.05) is 0 Å². The van der Waals surface area contributed by atoms with Gasteiger partial charge in [0.05, 0.1) is 19.0 Å². The van der Waals surface area contributed by atoms with Crippen LogP contribution in [-0.4, -0.2) is 42.8 Å². The summed E-state index contributed by atoms with van der Waals surface area (Å²) in [5, 5.41) is 30.2. The van der Waals surface area contributed by atoms with E-state index in [9.17, 15) is 28.4 Å². The van der Waals surface area contributed by atoms with Crippen molar-refractivity contribution in [3.63, 3.8) is 0 Å². The number of carbonyl (C=O) groups is 1. The molecule has 28 heavy (non-hydrogen) atoms. The predicted octanol–water partition coefficient (Wildman–Crippen LogP) is 0.588. The van der Waals surface area contributed by atoms with Crippen LogP contribution >= 0.6 is 0 Å². The Kier molecular flexibility index (Phi) is 5.33. The molecule has 1 aromatic carbocycles. The number of alkyl halides is 3. The molecule has 0 unspecified atom stereocenters. The maximum Gasteiger partial charge on any atom is 0.573 e. The van der Waals surface area contributed by atoms with Gasteiger partial charge in [-0.25, -0.2) is 4.73 Å². The summed E-state index contributed by atoms with van der Waals surface area (Å²) in [7, 11) is 0. The first-order valence-corrected chi connectivity index (χ1v) is 8.09. The summed E-state index contributed by atoms with van der Waals surface area (Å²) in [5.41, 5.74) is -0.644. The van der Waals surface area contributed by atoms with Gasteiger partial charge in [0.15, 0.2) is 5.52 Å². The largest absolute Gasteiger partial charge is 0.739 e. The molecule has 0 aliphatic carbocycles. The van der Waals surface area contributed by atoms with Gasteiger partial charge in [0.25, 0.3) is 0 Å². The molecule has 3 rings (SSSR count). The third kappa shape index (κ3) is 4.66. The summed E-state index contributed by atoms with van der Waals surface area (Å²) in [6, 6.07) is 2.65. The van der Waals surface area contributed by atoms with Gasteiger partial charge in [-0.2, -0.15) is 0 Å². The third-order valence-corrected chi connectivity index (χ3v) is 3.69. The Morgan fingerprint density at radius 3 is 2.79 bits per heavy atom. The average molecular weight is 401 g/mol. The molecule has 0 saturated heterocycles.